The van der Waals surface area contributed by atoms with E-state index in [-0.39, 0.29) is 0 Å². The predicted molar refractivity (Wildman–Crippen MR) is 236 cm³/mol. The number of aryl methyl sites for hydroxylation is 1. The lowest BCUT2D eigenvalue weighted by Crippen LogP contribution is -1.96. The number of para-hydroxylation sites is 1. The normalized spacial score (nSPS) is 12.8. The first-order chi connectivity index (χ1) is 27.8. The van der Waals surface area contributed by atoms with E-state index in [0.29, 0.717) is 11.4 Å². The van der Waals surface area contributed by atoms with E-state index in [0.717, 1.165) is 57.3 Å². The van der Waals surface area contributed by atoms with Crippen molar-refractivity contribution in [3.63, 3.8) is 0 Å². The number of aromatic nitrogens is 2. The smallest absolute Gasteiger partial charge is 0.180 e. The van der Waals surface area contributed by atoms with Crippen LogP contribution in [0.15, 0.2) is 168 Å². The molecule has 0 unspecified atom stereocenters. The molecule has 1 aliphatic rings. The fourth-order valence-electron chi connectivity index (χ4n) is 8.97. The molecule has 0 bridgehead atoms. The molecule has 0 atom stereocenters. The number of furan rings is 1. The summed E-state index contributed by atoms with van der Waals surface area (Å²) < 4.78 is 7.83. The van der Waals surface area contributed by atoms with Crippen molar-refractivity contribution in [1.29, 1.82) is 0 Å². The second-order valence-corrected chi connectivity index (χ2v) is 15.8. The standard InChI is InChI=1S/C52H32N2OS/c1-2-13-33(14-3-1)49-51-50(40-19-8-10-22-44(40)55-51)54-52(53-49)34-29-42(47-39-18-7-6-16-37(39)36-15-4-5-17-38(36)43(47)30-34)32-27-25-31(26-28-32)35-21-12-24-46-48(35)41-20-9-11-23-45(41)56-46/h1-10,12-22,24-30H,11,23H2. The van der Waals surface area contributed by atoms with Crippen molar-refractivity contribution in [2.24, 2.45) is 0 Å². The molecule has 0 spiro atoms. The van der Waals surface area contributed by atoms with Gasteiger partial charge in [0.05, 0.1) is 0 Å². The summed E-state index contributed by atoms with van der Waals surface area (Å²) >= 11 is 1.94. The van der Waals surface area contributed by atoms with E-state index in [1.807, 2.05) is 47.7 Å². The Balaban J connectivity index is 1.13. The van der Waals surface area contributed by atoms with Crippen LogP contribution in [0, 0.1) is 0 Å². The van der Waals surface area contributed by atoms with Gasteiger partial charge in [-0.3, -0.25) is 0 Å². The molecule has 8 aromatic carbocycles. The van der Waals surface area contributed by atoms with Crippen LogP contribution in [0.2, 0.25) is 0 Å². The highest BCUT2D eigenvalue weighted by Crippen LogP contribution is 2.45. The summed E-state index contributed by atoms with van der Waals surface area (Å²) in [7, 11) is 0. The minimum atomic E-state index is 0.668. The molecule has 3 heterocycles. The third kappa shape index (κ3) is 4.76. The van der Waals surface area contributed by atoms with Gasteiger partial charge in [0.15, 0.2) is 11.4 Å². The van der Waals surface area contributed by atoms with E-state index < -0.39 is 0 Å². The molecule has 3 nitrogen and oxygen atoms in total. The molecule has 0 saturated carbocycles. The zero-order valence-electron chi connectivity index (χ0n) is 30.3. The van der Waals surface area contributed by atoms with E-state index in [9.17, 15) is 0 Å². The Kier molecular flexibility index (Phi) is 6.92. The van der Waals surface area contributed by atoms with Crippen molar-refractivity contribution >= 4 is 81.9 Å². The van der Waals surface area contributed by atoms with Crippen LogP contribution in [-0.4, -0.2) is 9.97 Å². The molecule has 0 N–H and O–H groups in total. The summed E-state index contributed by atoms with van der Waals surface area (Å²) in [6.07, 6.45) is 6.89. The number of hydrogen-bond acceptors (Lipinski definition) is 4. The quantitative estimate of drug-likeness (QED) is 0.169. The van der Waals surface area contributed by atoms with Gasteiger partial charge < -0.3 is 4.42 Å². The van der Waals surface area contributed by atoms with Crippen molar-refractivity contribution in [3.05, 3.63) is 174 Å². The lowest BCUT2D eigenvalue weighted by molar-refractivity contribution is 0.667. The molecule has 0 aliphatic heterocycles. The number of thiophene rings is 1. The Hall–Kier alpha value is -6.88. The van der Waals surface area contributed by atoms with Gasteiger partial charge in [0.2, 0.25) is 0 Å². The van der Waals surface area contributed by atoms with Gasteiger partial charge in [-0.2, -0.15) is 0 Å². The summed E-state index contributed by atoms with van der Waals surface area (Å²) in [6, 6.07) is 56.6. The molecule has 0 fully saturated rings. The van der Waals surface area contributed by atoms with Crippen molar-refractivity contribution < 1.29 is 4.42 Å². The van der Waals surface area contributed by atoms with E-state index in [1.54, 1.807) is 0 Å². The summed E-state index contributed by atoms with van der Waals surface area (Å²) in [5.74, 6) is 0.668. The largest absolute Gasteiger partial charge is 0.452 e. The number of nitrogens with zero attached hydrogens (tertiary/aromatic N) is 2. The molecule has 262 valence electrons. The van der Waals surface area contributed by atoms with Gasteiger partial charge in [0.1, 0.15) is 16.8 Å². The lowest BCUT2D eigenvalue weighted by atomic mass is 9.87. The topological polar surface area (TPSA) is 38.9 Å². The number of hydrogen-bond donors (Lipinski definition) is 0. The van der Waals surface area contributed by atoms with Gasteiger partial charge in [-0.05, 0) is 103 Å². The Labute approximate surface area is 326 Å². The number of allylic oxidation sites excluding steroid dienone is 1. The van der Waals surface area contributed by atoms with Crippen LogP contribution in [0.3, 0.4) is 0 Å². The molecule has 0 radical (unpaired) electrons. The highest BCUT2D eigenvalue weighted by molar-refractivity contribution is 7.19. The van der Waals surface area contributed by atoms with Crippen LogP contribution >= 0.6 is 11.3 Å². The average molecular weight is 733 g/mol. The first-order valence-corrected chi connectivity index (χ1v) is 20.0. The minimum Gasteiger partial charge on any atom is -0.452 e. The van der Waals surface area contributed by atoms with Crippen molar-refractivity contribution in [2.75, 3.05) is 0 Å². The van der Waals surface area contributed by atoms with Crippen molar-refractivity contribution in [1.82, 2.24) is 9.97 Å². The third-order valence-electron chi connectivity index (χ3n) is 11.5. The van der Waals surface area contributed by atoms with Crippen LogP contribution in [0.1, 0.15) is 16.9 Å². The van der Waals surface area contributed by atoms with Crippen LogP contribution in [0.25, 0.3) is 115 Å². The summed E-state index contributed by atoms with van der Waals surface area (Å²) in [5.41, 5.74) is 11.3. The van der Waals surface area contributed by atoms with E-state index in [2.05, 4.69) is 133 Å². The molecule has 3 aromatic heterocycles. The maximum absolute atomic E-state index is 6.47. The Morgan fingerprint density at radius 1 is 0.500 bits per heavy atom. The average Bonchev–Trinajstić information content (AvgIpc) is 3.85. The zero-order chi connectivity index (χ0) is 36.7. The summed E-state index contributed by atoms with van der Waals surface area (Å²) in [5, 5.41) is 9.68. The fourth-order valence-corrected chi connectivity index (χ4v) is 10.2. The SMILES string of the molecule is C1=Cc2c(sc3cccc(-c4ccc(-c5cc(-c6nc(-c7ccccc7)c7oc8ccccc8c7n6)cc6c7ccccc7c7ccccc7c56)cc4)c23)CC1. The van der Waals surface area contributed by atoms with Gasteiger partial charge in [-0.1, -0.05) is 140 Å². The minimum absolute atomic E-state index is 0.668. The zero-order valence-corrected chi connectivity index (χ0v) is 31.1. The number of rotatable bonds is 4. The number of benzene rings is 8. The monoisotopic (exact) mass is 732 g/mol. The Morgan fingerprint density at radius 3 is 1.98 bits per heavy atom. The fraction of sp³-hybridized carbons (Fsp3) is 0.0385. The van der Waals surface area contributed by atoms with Crippen LogP contribution in [0.4, 0.5) is 0 Å². The van der Waals surface area contributed by atoms with Gasteiger partial charge in [-0.25, -0.2) is 9.97 Å². The van der Waals surface area contributed by atoms with Crippen LogP contribution in [-0.2, 0) is 6.42 Å². The van der Waals surface area contributed by atoms with Crippen molar-refractivity contribution in [3.8, 4) is 44.9 Å². The first-order valence-electron chi connectivity index (χ1n) is 19.2. The first kappa shape index (κ1) is 31.5. The van der Waals surface area contributed by atoms with Crippen LogP contribution < -0.4 is 0 Å². The van der Waals surface area contributed by atoms with E-state index >= 15 is 0 Å². The molecule has 56 heavy (non-hydrogen) atoms. The van der Waals surface area contributed by atoms with Gasteiger partial charge in [-0.15, -0.1) is 11.3 Å². The third-order valence-corrected chi connectivity index (χ3v) is 12.8. The second-order valence-electron chi connectivity index (χ2n) is 14.7. The molecule has 11 aromatic rings. The van der Waals surface area contributed by atoms with E-state index in [1.165, 1.54) is 64.0 Å². The van der Waals surface area contributed by atoms with Crippen LogP contribution in [0.5, 0.6) is 0 Å². The molecular weight excluding hydrogens is 701 g/mol. The molecule has 0 amide bonds. The molecule has 1 aliphatic carbocycles. The lowest BCUT2D eigenvalue weighted by Gasteiger charge is -2.17. The Morgan fingerprint density at radius 2 is 1.18 bits per heavy atom. The molecule has 4 heteroatoms. The second kappa shape index (κ2) is 12.3. The van der Waals surface area contributed by atoms with E-state index in [4.69, 9.17) is 14.4 Å². The molecule has 12 rings (SSSR count). The maximum atomic E-state index is 6.47. The highest BCUT2D eigenvalue weighted by atomic mass is 32.1. The molecule has 0 saturated heterocycles. The van der Waals surface area contributed by atoms with Gasteiger partial charge in [0.25, 0.3) is 0 Å². The van der Waals surface area contributed by atoms with Gasteiger partial charge in [0, 0.05) is 31.5 Å². The summed E-state index contributed by atoms with van der Waals surface area (Å²) in [4.78, 5) is 12.1. The maximum Gasteiger partial charge on any atom is 0.180 e. The van der Waals surface area contributed by atoms with Crippen molar-refractivity contribution in [2.45, 2.75) is 12.8 Å². The highest BCUT2D eigenvalue weighted by Gasteiger charge is 2.22. The number of fused-ring (bicyclic) bond motifs is 12. The van der Waals surface area contributed by atoms with Gasteiger partial charge >= 0.3 is 0 Å². The Bertz CT molecular complexity index is 3410. The molecular formula is C52H32N2OS. The summed E-state index contributed by atoms with van der Waals surface area (Å²) in [6.45, 7) is 0. The predicted octanol–water partition coefficient (Wildman–Crippen LogP) is 14.7.